The number of carbonyl (C=O) groups is 1. The van der Waals surface area contributed by atoms with Crippen LogP contribution in [0.25, 0.3) is 11.0 Å². The Bertz CT molecular complexity index is 1520. The summed E-state index contributed by atoms with van der Waals surface area (Å²) in [5.41, 5.74) is 6.12. The number of H-pyrrole nitrogens is 1. The number of hydrogen-bond donors (Lipinski definition) is 2. The van der Waals surface area contributed by atoms with E-state index in [1.54, 1.807) is 0 Å². The van der Waals surface area contributed by atoms with Gasteiger partial charge in [0.1, 0.15) is 12.4 Å². The Hall–Kier alpha value is -3.49. The quantitative estimate of drug-likeness (QED) is 0.350. The van der Waals surface area contributed by atoms with Crippen LogP contribution in [0.15, 0.2) is 71.5 Å². The third kappa shape index (κ3) is 4.98. The minimum Gasteiger partial charge on any atom is -0.489 e. The number of piperidine rings is 1. The molecule has 0 amide bonds. The van der Waals surface area contributed by atoms with Gasteiger partial charge in [-0.1, -0.05) is 48.5 Å². The van der Waals surface area contributed by atoms with Crippen molar-refractivity contribution in [1.29, 1.82) is 0 Å². The van der Waals surface area contributed by atoms with Crippen molar-refractivity contribution in [3.8, 4) is 5.75 Å². The van der Waals surface area contributed by atoms with E-state index in [-0.39, 0.29) is 23.4 Å². The molecule has 196 valence electrons. The average molecular weight is 530 g/mol. The number of aromatic amines is 1. The van der Waals surface area contributed by atoms with Crippen LogP contribution in [0.3, 0.4) is 0 Å². The van der Waals surface area contributed by atoms with Gasteiger partial charge in [0.15, 0.2) is 0 Å². The predicted molar refractivity (Wildman–Crippen MR) is 150 cm³/mol. The summed E-state index contributed by atoms with van der Waals surface area (Å²) in [6.07, 6.45) is 1.91. The van der Waals surface area contributed by atoms with Crippen molar-refractivity contribution in [1.82, 2.24) is 14.5 Å². The van der Waals surface area contributed by atoms with Crippen molar-refractivity contribution in [2.45, 2.75) is 37.2 Å². The van der Waals surface area contributed by atoms with Crippen LogP contribution in [-0.2, 0) is 17.8 Å². The Morgan fingerprint density at radius 3 is 2.66 bits per heavy atom. The van der Waals surface area contributed by atoms with Crippen LogP contribution in [0.4, 0.5) is 0 Å². The molecule has 6 rings (SSSR count). The van der Waals surface area contributed by atoms with Gasteiger partial charge in [0.25, 0.3) is 0 Å². The number of aromatic nitrogens is 2. The van der Waals surface area contributed by atoms with Gasteiger partial charge in [-0.15, -0.1) is 11.8 Å². The molecule has 38 heavy (non-hydrogen) atoms. The Morgan fingerprint density at radius 1 is 1.03 bits per heavy atom. The largest absolute Gasteiger partial charge is 0.489 e. The number of fused-ring (bicyclic) bond motifs is 3. The average Bonchev–Trinajstić information content (AvgIpc) is 3.18. The maximum absolute atomic E-state index is 12.6. The van der Waals surface area contributed by atoms with Crippen LogP contribution in [0.1, 0.15) is 46.4 Å². The molecule has 8 heteroatoms. The molecular formula is C30H31N3O4S. The van der Waals surface area contributed by atoms with Crippen molar-refractivity contribution in [2.75, 3.05) is 25.4 Å². The zero-order valence-corrected chi connectivity index (χ0v) is 22.0. The molecule has 1 saturated heterocycles. The molecule has 0 radical (unpaired) electrons. The van der Waals surface area contributed by atoms with Gasteiger partial charge in [-0.3, -0.25) is 9.36 Å². The molecule has 7 nitrogen and oxygen atoms in total. The highest BCUT2D eigenvalue weighted by atomic mass is 32.2. The van der Waals surface area contributed by atoms with Gasteiger partial charge < -0.3 is 19.7 Å². The lowest BCUT2D eigenvalue weighted by molar-refractivity contribution is -0.136. The lowest BCUT2D eigenvalue weighted by Crippen LogP contribution is -2.38. The molecule has 2 N–H and O–H groups in total. The molecule has 0 spiro atoms. The highest BCUT2D eigenvalue weighted by Crippen LogP contribution is 2.44. The highest BCUT2D eigenvalue weighted by molar-refractivity contribution is 7.99. The molecule has 4 aromatic rings. The fraction of sp³-hybridized carbons (Fsp3) is 0.333. The van der Waals surface area contributed by atoms with E-state index >= 15 is 0 Å². The number of thioether (sulfide) groups is 1. The van der Waals surface area contributed by atoms with E-state index in [1.807, 2.05) is 64.9 Å². The van der Waals surface area contributed by atoms with Crippen molar-refractivity contribution in [3.05, 3.63) is 99.5 Å². The van der Waals surface area contributed by atoms with Gasteiger partial charge in [0, 0.05) is 37.0 Å². The van der Waals surface area contributed by atoms with Crippen LogP contribution in [0, 0.1) is 0 Å². The summed E-state index contributed by atoms with van der Waals surface area (Å²) >= 11 is 1.89. The van der Waals surface area contributed by atoms with E-state index in [9.17, 15) is 14.7 Å². The molecule has 0 saturated carbocycles. The number of hydrogen-bond acceptors (Lipinski definition) is 5. The van der Waals surface area contributed by atoms with E-state index in [0.717, 1.165) is 66.1 Å². The lowest BCUT2D eigenvalue weighted by Gasteiger charge is -2.32. The van der Waals surface area contributed by atoms with Crippen molar-refractivity contribution in [2.24, 2.45) is 0 Å². The minimum absolute atomic E-state index is 0.000767. The number of likely N-dealkylation sites (tertiary alicyclic amines) is 1. The maximum atomic E-state index is 12.6. The molecule has 1 fully saturated rings. The first-order valence-electron chi connectivity index (χ1n) is 13.2. The number of ether oxygens (including phenoxy) is 1. The molecule has 1 aromatic heterocycles. The molecule has 1 atom stereocenters. The normalized spacial score (nSPS) is 17.9. The summed E-state index contributed by atoms with van der Waals surface area (Å²) < 4.78 is 8.09. The fourth-order valence-corrected chi connectivity index (χ4v) is 7.15. The number of carboxylic acid groups (broad SMARTS) is 1. The second-order valence-electron chi connectivity index (χ2n) is 10.1. The van der Waals surface area contributed by atoms with Crippen LogP contribution >= 0.6 is 11.8 Å². The molecule has 0 aliphatic carbocycles. The SMILES string of the molecule is O=C(O)Cc1ccc2c(c1)C(SCCN1CCC(n3c(=O)[nH]c4ccccc43)CC1)c1ccccc1CO2. The summed E-state index contributed by atoms with van der Waals surface area (Å²) in [6.45, 7) is 3.39. The van der Waals surface area contributed by atoms with Gasteiger partial charge in [-0.05, 0) is 47.7 Å². The summed E-state index contributed by atoms with van der Waals surface area (Å²) in [4.78, 5) is 29.5. The van der Waals surface area contributed by atoms with Crippen molar-refractivity contribution >= 4 is 28.8 Å². The van der Waals surface area contributed by atoms with Gasteiger partial charge in [0.05, 0.1) is 22.7 Å². The first-order valence-corrected chi connectivity index (χ1v) is 14.2. The molecule has 3 aromatic carbocycles. The van der Waals surface area contributed by atoms with Gasteiger partial charge in [-0.25, -0.2) is 4.79 Å². The molecular weight excluding hydrogens is 498 g/mol. The van der Waals surface area contributed by atoms with Gasteiger partial charge in [-0.2, -0.15) is 0 Å². The monoisotopic (exact) mass is 529 g/mol. The number of carboxylic acids is 1. The number of nitrogens with one attached hydrogen (secondary N) is 1. The van der Waals surface area contributed by atoms with E-state index in [4.69, 9.17) is 4.74 Å². The summed E-state index contributed by atoms with van der Waals surface area (Å²) in [5, 5.41) is 9.40. The summed E-state index contributed by atoms with van der Waals surface area (Å²) in [7, 11) is 0. The Balaban J connectivity index is 1.14. The second-order valence-corrected chi connectivity index (χ2v) is 11.3. The van der Waals surface area contributed by atoms with Crippen LogP contribution in [0.2, 0.25) is 0 Å². The number of para-hydroxylation sites is 2. The number of nitrogens with zero attached hydrogens (tertiary/aromatic N) is 2. The minimum atomic E-state index is -0.831. The fourth-order valence-electron chi connectivity index (χ4n) is 5.78. The first-order chi connectivity index (χ1) is 18.6. The zero-order chi connectivity index (χ0) is 26.1. The second kappa shape index (κ2) is 10.7. The number of aliphatic carboxylic acids is 1. The molecule has 2 aliphatic rings. The number of rotatable bonds is 7. The maximum Gasteiger partial charge on any atom is 0.326 e. The molecule has 2 aliphatic heterocycles. The predicted octanol–water partition coefficient (Wildman–Crippen LogP) is 5.01. The lowest BCUT2D eigenvalue weighted by atomic mass is 9.98. The smallest absolute Gasteiger partial charge is 0.326 e. The van der Waals surface area contributed by atoms with Gasteiger partial charge in [0.2, 0.25) is 0 Å². The number of benzene rings is 3. The zero-order valence-electron chi connectivity index (χ0n) is 21.1. The Labute approximate surface area is 225 Å². The van der Waals surface area contributed by atoms with Crippen molar-refractivity contribution < 1.29 is 14.6 Å². The van der Waals surface area contributed by atoms with E-state index < -0.39 is 5.97 Å². The third-order valence-corrected chi connectivity index (χ3v) is 8.93. The van der Waals surface area contributed by atoms with E-state index in [1.165, 1.54) is 11.1 Å². The highest BCUT2D eigenvalue weighted by Gasteiger charge is 2.27. The third-order valence-electron chi connectivity index (χ3n) is 7.67. The summed E-state index contributed by atoms with van der Waals surface area (Å²) in [6, 6.07) is 22.3. The first kappa shape index (κ1) is 24.8. The van der Waals surface area contributed by atoms with Crippen molar-refractivity contribution in [3.63, 3.8) is 0 Å². The summed E-state index contributed by atoms with van der Waals surface area (Å²) in [5.74, 6) is 0.944. The van der Waals surface area contributed by atoms with Crippen LogP contribution in [-0.4, -0.2) is 50.9 Å². The molecule has 0 bridgehead atoms. The molecule has 1 unspecified atom stereocenters. The van der Waals surface area contributed by atoms with E-state index in [2.05, 4.69) is 28.1 Å². The van der Waals surface area contributed by atoms with Crippen LogP contribution in [0.5, 0.6) is 5.75 Å². The standard InChI is InChI=1S/C30H31N3O4S/c34-28(35)18-20-9-10-27-24(17-20)29(23-6-2-1-5-21(23)19-37-27)38-16-15-32-13-11-22(12-14-32)33-26-8-4-3-7-25(26)31-30(33)36/h1-10,17,22,29H,11-16,18-19H2,(H,31,36)(H,34,35). The molecule has 3 heterocycles. The number of imidazole rings is 1. The van der Waals surface area contributed by atoms with E-state index in [0.29, 0.717) is 6.61 Å². The van der Waals surface area contributed by atoms with Crippen LogP contribution < -0.4 is 10.4 Å². The topological polar surface area (TPSA) is 87.6 Å². The Morgan fingerprint density at radius 2 is 1.82 bits per heavy atom. The van der Waals surface area contributed by atoms with Gasteiger partial charge >= 0.3 is 11.7 Å². The Kier molecular flexibility index (Phi) is 7.00.